The topological polar surface area (TPSA) is 57.6 Å². The van der Waals surface area contributed by atoms with Crippen LogP contribution in [-0.4, -0.2) is 36.3 Å². The van der Waals surface area contributed by atoms with Crippen LogP contribution in [0.2, 0.25) is 0 Å². The summed E-state index contributed by atoms with van der Waals surface area (Å²) >= 11 is 0. The lowest BCUT2D eigenvalue weighted by atomic mass is 10.2. The highest BCUT2D eigenvalue weighted by molar-refractivity contribution is 7.86. The van der Waals surface area contributed by atoms with Crippen LogP contribution in [0.3, 0.4) is 0 Å². The fourth-order valence-electron chi connectivity index (χ4n) is 1.58. The van der Waals surface area contributed by atoms with E-state index in [1.54, 1.807) is 11.8 Å². The minimum Gasteiger partial charge on any atom is -0.284 e. The van der Waals surface area contributed by atoms with Crippen LogP contribution >= 0.6 is 0 Å². The number of hydrogen-bond donors (Lipinski definition) is 1. The molecule has 1 unspecified atom stereocenters. The molecule has 1 aliphatic rings. The van der Waals surface area contributed by atoms with Crippen LogP contribution in [-0.2, 0) is 10.1 Å². The van der Waals surface area contributed by atoms with Crippen molar-refractivity contribution < 1.29 is 13.0 Å². The van der Waals surface area contributed by atoms with E-state index in [0.717, 1.165) is 6.42 Å². The summed E-state index contributed by atoms with van der Waals surface area (Å²) in [4.78, 5) is 1.77. The third-order valence-electron chi connectivity index (χ3n) is 2.19. The Hall–Kier alpha value is -0.390. The SMILES string of the molecule is CCC(N1CC=CCC1)S(=O)(=O)O. The first-order valence-electron chi connectivity index (χ1n) is 4.41. The molecule has 0 amide bonds. The van der Waals surface area contributed by atoms with E-state index in [4.69, 9.17) is 4.55 Å². The fraction of sp³-hybridized carbons (Fsp3) is 0.750. The Bertz CT molecular complexity index is 284. The molecule has 1 N–H and O–H groups in total. The zero-order valence-electron chi connectivity index (χ0n) is 7.68. The molecule has 0 aromatic heterocycles. The number of nitrogens with zero attached hydrogens (tertiary/aromatic N) is 1. The second kappa shape index (κ2) is 4.21. The lowest BCUT2D eigenvalue weighted by molar-refractivity contribution is 0.251. The van der Waals surface area contributed by atoms with Crippen molar-refractivity contribution in [1.29, 1.82) is 0 Å². The van der Waals surface area contributed by atoms with Crippen molar-refractivity contribution in [2.24, 2.45) is 0 Å². The van der Waals surface area contributed by atoms with E-state index in [0.29, 0.717) is 19.5 Å². The Morgan fingerprint density at radius 1 is 1.54 bits per heavy atom. The molecule has 0 aromatic rings. The van der Waals surface area contributed by atoms with Gasteiger partial charge in [0.1, 0.15) is 5.37 Å². The van der Waals surface area contributed by atoms with Crippen molar-refractivity contribution in [3.63, 3.8) is 0 Å². The van der Waals surface area contributed by atoms with E-state index in [1.165, 1.54) is 0 Å². The van der Waals surface area contributed by atoms with Gasteiger partial charge in [-0.25, -0.2) is 0 Å². The van der Waals surface area contributed by atoms with Gasteiger partial charge in [-0.2, -0.15) is 8.42 Å². The largest absolute Gasteiger partial charge is 0.284 e. The van der Waals surface area contributed by atoms with Crippen molar-refractivity contribution in [2.75, 3.05) is 13.1 Å². The summed E-state index contributed by atoms with van der Waals surface area (Å²) in [6, 6.07) is 0. The van der Waals surface area contributed by atoms with Gasteiger partial charge in [-0.1, -0.05) is 19.1 Å². The van der Waals surface area contributed by atoms with Crippen LogP contribution in [0.4, 0.5) is 0 Å². The predicted molar refractivity (Wildman–Crippen MR) is 51.0 cm³/mol. The van der Waals surface area contributed by atoms with Gasteiger partial charge in [0.2, 0.25) is 0 Å². The van der Waals surface area contributed by atoms with E-state index in [-0.39, 0.29) is 0 Å². The summed E-state index contributed by atoms with van der Waals surface area (Å²) in [5.74, 6) is 0. The summed E-state index contributed by atoms with van der Waals surface area (Å²) in [5, 5.41) is -0.738. The van der Waals surface area contributed by atoms with Crippen LogP contribution in [0, 0.1) is 0 Å². The first-order valence-corrected chi connectivity index (χ1v) is 5.91. The molecule has 0 saturated heterocycles. The predicted octanol–water partition coefficient (Wildman–Crippen LogP) is 0.872. The first kappa shape index (κ1) is 10.7. The minimum absolute atomic E-state index is 0.423. The normalized spacial score (nSPS) is 21.7. The molecule has 1 atom stereocenters. The minimum atomic E-state index is -3.92. The van der Waals surface area contributed by atoms with Gasteiger partial charge >= 0.3 is 0 Å². The van der Waals surface area contributed by atoms with Gasteiger partial charge in [-0.15, -0.1) is 0 Å². The standard InChI is InChI=1S/C8H15NO3S/c1-2-8(13(10,11)12)9-6-4-3-5-7-9/h3-4,8H,2,5-7H2,1H3,(H,10,11,12). The van der Waals surface area contributed by atoms with Gasteiger partial charge in [0.25, 0.3) is 10.1 Å². The van der Waals surface area contributed by atoms with E-state index < -0.39 is 15.5 Å². The molecule has 0 aromatic carbocycles. The lowest BCUT2D eigenvalue weighted by Crippen LogP contribution is -2.42. The monoisotopic (exact) mass is 205 g/mol. The van der Waals surface area contributed by atoms with Gasteiger partial charge in [-0.3, -0.25) is 9.45 Å². The van der Waals surface area contributed by atoms with Gasteiger partial charge < -0.3 is 0 Å². The Labute approximate surface area is 79.0 Å². The Morgan fingerprint density at radius 2 is 2.23 bits per heavy atom. The molecule has 0 aliphatic carbocycles. The molecule has 76 valence electrons. The number of hydrogen-bond acceptors (Lipinski definition) is 3. The maximum absolute atomic E-state index is 11.0. The molecule has 0 bridgehead atoms. The molecule has 1 aliphatic heterocycles. The summed E-state index contributed by atoms with van der Waals surface area (Å²) in [5.41, 5.74) is 0. The van der Waals surface area contributed by atoms with Crippen LogP contribution in [0.15, 0.2) is 12.2 Å². The van der Waals surface area contributed by atoms with Crippen molar-refractivity contribution in [2.45, 2.75) is 25.1 Å². The van der Waals surface area contributed by atoms with Gasteiger partial charge in [0, 0.05) is 13.1 Å². The van der Waals surface area contributed by atoms with Crippen molar-refractivity contribution in [1.82, 2.24) is 4.90 Å². The zero-order chi connectivity index (χ0) is 9.90. The van der Waals surface area contributed by atoms with E-state index >= 15 is 0 Å². The van der Waals surface area contributed by atoms with Crippen molar-refractivity contribution in [3.8, 4) is 0 Å². The van der Waals surface area contributed by atoms with E-state index in [1.807, 2.05) is 12.2 Å². The first-order chi connectivity index (χ1) is 6.05. The molecule has 0 saturated carbocycles. The average Bonchev–Trinajstić information content (AvgIpc) is 2.05. The maximum atomic E-state index is 11.0. The van der Waals surface area contributed by atoms with Crippen LogP contribution < -0.4 is 0 Å². The molecule has 0 radical (unpaired) electrons. The third-order valence-corrected chi connectivity index (χ3v) is 3.51. The quantitative estimate of drug-likeness (QED) is 0.548. The molecule has 1 rings (SSSR count). The highest BCUT2D eigenvalue weighted by Gasteiger charge is 2.27. The second-order valence-corrected chi connectivity index (χ2v) is 4.71. The Kier molecular flexibility index (Phi) is 3.47. The summed E-state index contributed by atoms with van der Waals surface area (Å²) < 4.78 is 30.8. The van der Waals surface area contributed by atoms with Crippen LogP contribution in [0.25, 0.3) is 0 Å². The van der Waals surface area contributed by atoms with Gasteiger partial charge in [0.05, 0.1) is 0 Å². The zero-order valence-corrected chi connectivity index (χ0v) is 8.50. The molecule has 0 spiro atoms. The van der Waals surface area contributed by atoms with Gasteiger partial charge in [-0.05, 0) is 12.8 Å². The van der Waals surface area contributed by atoms with Crippen LogP contribution in [0.5, 0.6) is 0 Å². The summed E-state index contributed by atoms with van der Waals surface area (Å²) in [7, 11) is -3.92. The van der Waals surface area contributed by atoms with E-state index in [2.05, 4.69) is 0 Å². The van der Waals surface area contributed by atoms with E-state index in [9.17, 15) is 8.42 Å². The molecular formula is C8H15NO3S. The second-order valence-electron chi connectivity index (χ2n) is 3.13. The molecular weight excluding hydrogens is 190 g/mol. The molecule has 13 heavy (non-hydrogen) atoms. The average molecular weight is 205 g/mol. The van der Waals surface area contributed by atoms with Crippen LogP contribution in [0.1, 0.15) is 19.8 Å². The Morgan fingerprint density at radius 3 is 2.62 bits per heavy atom. The molecule has 0 fully saturated rings. The van der Waals surface area contributed by atoms with Gasteiger partial charge in [0.15, 0.2) is 0 Å². The molecule has 1 heterocycles. The fourth-order valence-corrected chi connectivity index (χ4v) is 2.57. The Balaban J connectivity index is 2.72. The van der Waals surface area contributed by atoms with Crippen molar-refractivity contribution >= 4 is 10.1 Å². The number of rotatable bonds is 3. The smallest absolute Gasteiger partial charge is 0.281 e. The highest BCUT2D eigenvalue weighted by Crippen LogP contribution is 2.13. The highest BCUT2D eigenvalue weighted by atomic mass is 32.2. The molecule has 4 nitrogen and oxygen atoms in total. The third kappa shape index (κ3) is 2.79. The summed E-state index contributed by atoms with van der Waals surface area (Å²) in [6.45, 7) is 3.07. The molecule has 5 heteroatoms. The summed E-state index contributed by atoms with van der Waals surface area (Å²) in [6.07, 6.45) is 5.23. The van der Waals surface area contributed by atoms with Crippen molar-refractivity contribution in [3.05, 3.63) is 12.2 Å². The lowest BCUT2D eigenvalue weighted by Gasteiger charge is -2.29. The maximum Gasteiger partial charge on any atom is 0.281 e.